The summed E-state index contributed by atoms with van der Waals surface area (Å²) in [7, 11) is -2.88. The van der Waals surface area contributed by atoms with Crippen LogP contribution in [0.4, 0.5) is 5.69 Å². The van der Waals surface area contributed by atoms with Crippen LogP contribution in [0.1, 0.15) is 18.9 Å². The highest BCUT2D eigenvalue weighted by Crippen LogP contribution is 2.32. The average Bonchev–Trinajstić information content (AvgIpc) is 2.71. The molecule has 0 aromatic heterocycles. The van der Waals surface area contributed by atoms with Crippen LogP contribution in [0.25, 0.3) is 0 Å². The molecule has 0 aliphatic carbocycles. The molecule has 20 heavy (non-hydrogen) atoms. The summed E-state index contributed by atoms with van der Waals surface area (Å²) in [4.78, 5) is 0. The van der Waals surface area contributed by atoms with Gasteiger partial charge in [0, 0.05) is 24.2 Å². The first-order valence-electron chi connectivity index (χ1n) is 6.92. The van der Waals surface area contributed by atoms with E-state index in [0.717, 1.165) is 23.5 Å². The van der Waals surface area contributed by atoms with Crippen molar-refractivity contribution in [2.24, 2.45) is 0 Å². The molecule has 1 fully saturated rings. The Balaban J connectivity index is 1.73. The molecule has 5 nitrogen and oxygen atoms in total. The molecule has 2 N–H and O–H groups in total. The minimum atomic E-state index is -2.88. The van der Waals surface area contributed by atoms with E-state index in [9.17, 15) is 8.42 Å². The van der Waals surface area contributed by atoms with Gasteiger partial charge in [-0.3, -0.25) is 0 Å². The van der Waals surface area contributed by atoms with E-state index in [4.69, 9.17) is 4.74 Å². The summed E-state index contributed by atoms with van der Waals surface area (Å²) < 4.78 is 29.0. The molecule has 3 rings (SSSR count). The third-order valence-electron chi connectivity index (χ3n) is 3.97. The first kappa shape index (κ1) is 13.7. The zero-order valence-electron chi connectivity index (χ0n) is 11.6. The Labute approximate surface area is 119 Å². The third kappa shape index (κ3) is 2.76. The largest absolute Gasteiger partial charge is 0.489 e. The van der Waals surface area contributed by atoms with Crippen LogP contribution in [0, 0.1) is 0 Å². The number of anilines is 1. The Morgan fingerprint density at radius 2 is 2.30 bits per heavy atom. The number of hydrogen-bond donors (Lipinski definition) is 2. The molecular formula is C14H20N2O3S. The number of hydrogen-bond acceptors (Lipinski definition) is 5. The molecule has 2 aliphatic rings. The highest BCUT2D eigenvalue weighted by atomic mass is 32.2. The number of rotatable bonds is 3. The molecule has 0 amide bonds. The summed E-state index contributed by atoms with van der Waals surface area (Å²) in [6.07, 6.45) is 0.670. The van der Waals surface area contributed by atoms with Crippen LogP contribution in [0.5, 0.6) is 5.75 Å². The fourth-order valence-electron chi connectivity index (χ4n) is 2.83. The number of sulfone groups is 1. The number of ether oxygens (including phenoxy) is 1. The summed E-state index contributed by atoms with van der Waals surface area (Å²) in [6.45, 7) is 4.08. The molecule has 110 valence electrons. The van der Waals surface area contributed by atoms with Gasteiger partial charge < -0.3 is 15.4 Å². The molecule has 0 spiro atoms. The fraction of sp³-hybridized carbons (Fsp3) is 0.571. The standard InChI is InChI=1S/C14H20N2O3S/c1-14(5-8-20(17,18)10-14)16-9-11-3-2-4-12-13(11)19-7-6-15-12/h2-4,15-16H,5-10H2,1H3. The number of para-hydroxylation sites is 1. The van der Waals surface area contributed by atoms with Crippen molar-refractivity contribution in [3.8, 4) is 5.75 Å². The molecule has 1 aromatic carbocycles. The molecule has 1 saturated heterocycles. The Morgan fingerprint density at radius 1 is 1.45 bits per heavy atom. The van der Waals surface area contributed by atoms with Crippen molar-refractivity contribution in [1.82, 2.24) is 5.32 Å². The van der Waals surface area contributed by atoms with Crippen molar-refractivity contribution >= 4 is 15.5 Å². The normalized spacial score (nSPS) is 27.4. The van der Waals surface area contributed by atoms with Crippen molar-refractivity contribution in [2.45, 2.75) is 25.4 Å². The van der Waals surface area contributed by atoms with Gasteiger partial charge in [-0.1, -0.05) is 12.1 Å². The Hall–Kier alpha value is -1.27. The maximum Gasteiger partial charge on any atom is 0.152 e. The first-order chi connectivity index (χ1) is 9.48. The quantitative estimate of drug-likeness (QED) is 0.876. The molecule has 0 saturated carbocycles. The number of benzene rings is 1. The zero-order chi connectivity index (χ0) is 14.2. The van der Waals surface area contributed by atoms with Crippen LogP contribution >= 0.6 is 0 Å². The number of fused-ring (bicyclic) bond motifs is 1. The van der Waals surface area contributed by atoms with Gasteiger partial charge in [-0.05, 0) is 19.4 Å². The summed E-state index contributed by atoms with van der Waals surface area (Å²) in [5, 5.41) is 6.70. The summed E-state index contributed by atoms with van der Waals surface area (Å²) in [5.41, 5.74) is 1.75. The van der Waals surface area contributed by atoms with Crippen LogP contribution in [0.2, 0.25) is 0 Å². The van der Waals surface area contributed by atoms with E-state index < -0.39 is 9.84 Å². The van der Waals surface area contributed by atoms with E-state index >= 15 is 0 Å². The topological polar surface area (TPSA) is 67.4 Å². The highest BCUT2D eigenvalue weighted by Gasteiger charge is 2.37. The minimum Gasteiger partial charge on any atom is -0.489 e. The van der Waals surface area contributed by atoms with Gasteiger partial charge in [0.15, 0.2) is 9.84 Å². The second-order valence-corrected chi connectivity index (χ2v) is 8.01. The lowest BCUT2D eigenvalue weighted by molar-refractivity contribution is 0.315. The van der Waals surface area contributed by atoms with Gasteiger partial charge in [0.05, 0.1) is 17.2 Å². The lowest BCUT2D eigenvalue weighted by atomic mass is 10.0. The van der Waals surface area contributed by atoms with Gasteiger partial charge in [-0.15, -0.1) is 0 Å². The molecule has 0 bridgehead atoms. The van der Waals surface area contributed by atoms with Gasteiger partial charge >= 0.3 is 0 Å². The van der Waals surface area contributed by atoms with Crippen LogP contribution in [-0.2, 0) is 16.4 Å². The van der Waals surface area contributed by atoms with Crippen LogP contribution in [0.3, 0.4) is 0 Å². The Kier molecular flexibility index (Phi) is 3.38. The molecule has 6 heteroatoms. The second-order valence-electron chi connectivity index (χ2n) is 5.83. The lowest BCUT2D eigenvalue weighted by Crippen LogP contribution is -2.43. The van der Waals surface area contributed by atoms with Crippen molar-refractivity contribution in [3.63, 3.8) is 0 Å². The molecule has 0 radical (unpaired) electrons. The lowest BCUT2D eigenvalue weighted by Gasteiger charge is -2.26. The predicted molar refractivity (Wildman–Crippen MR) is 78.9 cm³/mol. The van der Waals surface area contributed by atoms with Gasteiger partial charge in [0.25, 0.3) is 0 Å². The summed E-state index contributed by atoms with van der Waals surface area (Å²) in [5.74, 6) is 1.38. The van der Waals surface area contributed by atoms with E-state index in [2.05, 4.69) is 10.6 Å². The maximum absolute atomic E-state index is 11.6. The van der Waals surface area contributed by atoms with Crippen molar-refractivity contribution in [3.05, 3.63) is 23.8 Å². The maximum atomic E-state index is 11.6. The van der Waals surface area contributed by atoms with Crippen LogP contribution in [-0.4, -0.2) is 38.6 Å². The van der Waals surface area contributed by atoms with E-state index in [1.807, 2.05) is 25.1 Å². The van der Waals surface area contributed by atoms with Gasteiger partial charge in [0.1, 0.15) is 12.4 Å². The average molecular weight is 296 g/mol. The minimum absolute atomic E-state index is 0.216. The van der Waals surface area contributed by atoms with Crippen molar-refractivity contribution in [2.75, 3.05) is 30.0 Å². The van der Waals surface area contributed by atoms with Crippen molar-refractivity contribution < 1.29 is 13.2 Å². The summed E-state index contributed by atoms with van der Waals surface area (Å²) in [6, 6.07) is 6.01. The summed E-state index contributed by atoms with van der Waals surface area (Å²) >= 11 is 0. The molecule has 2 aliphatic heterocycles. The zero-order valence-corrected chi connectivity index (χ0v) is 12.4. The second kappa shape index (κ2) is 4.93. The van der Waals surface area contributed by atoms with Gasteiger partial charge in [-0.25, -0.2) is 8.42 Å². The van der Waals surface area contributed by atoms with Crippen molar-refractivity contribution in [1.29, 1.82) is 0 Å². The number of nitrogens with one attached hydrogen (secondary N) is 2. The Bertz CT molecular complexity index is 615. The first-order valence-corrected chi connectivity index (χ1v) is 8.74. The van der Waals surface area contributed by atoms with E-state index in [1.54, 1.807) is 0 Å². The Morgan fingerprint density at radius 3 is 3.05 bits per heavy atom. The third-order valence-corrected chi connectivity index (χ3v) is 5.87. The smallest absolute Gasteiger partial charge is 0.152 e. The van der Waals surface area contributed by atoms with Gasteiger partial charge in [0.2, 0.25) is 0 Å². The molecular weight excluding hydrogens is 276 g/mol. The predicted octanol–water partition coefficient (Wildman–Crippen LogP) is 1.16. The van der Waals surface area contributed by atoms with E-state index in [0.29, 0.717) is 19.6 Å². The fourth-order valence-corrected chi connectivity index (χ4v) is 4.95. The highest BCUT2D eigenvalue weighted by molar-refractivity contribution is 7.91. The van der Waals surface area contributed by atoms with Crippen LogP contribution in [0.15, 0.2) is 18.2 Å². The van der Waals surface area contributed by atoms with Gasteiger partial charge in [-0.2, -0.15) is 0 Å². The van der Waals surface area contributed by atoms with Crippen LogP contribution < -0.4 is 15.4 Å². The monoisotopic (exact) mass is 296 g/mol. The molecule has 1 aromatic rings. The SMILES string of the molecule is CC1(NCc2cccc3c2OCCN3)CCS(=O)(=O)C1. The molecule has 1 atom stereocenters. The van der Waals surface area contributed by atoms with E-state index in [1.165, 1.54) is 0 Å². The van der Waals surface area contributed by atoms with E-state index in [-0.39, 0.29) is 17.0 Å². The molecule has 1 unspecified atom stereocenters. The molecule has 2 heterocycles.